The zero-order valence-electron chi connectivity index (χ0n) is 15.4. The van der Waals surface area contributed by atoms with Crippen molar-refractivity contribution in [2.24, 2.45) is 0 Å². The number of phenols is 1. The summed E-state index contributed by atoms with van der Waals surface area (Å²) in [4.78, 5) is 0. The SMILES string of the molecule is Oc1cccc(C[P+](c2ccccc2)(c2ccccc2)c2ccccc2)c1.[Br-]. The van der Waals surface area contributed by atoms with Gasteiger partial charge in [0.15, 0.2) is 0 Å². The van der Waals surface area contributed by atoms with Gasteiger partial charge in [-0.25, -0.2) is 0 Å². The summed E-state index contributed by atoms with van der Waals surface area (Å²) in [6.07, 6.45) is 0.874. The minimum atomic E-state index is -1.91. The van der Waals surface area contributed by atoms with E-state index in [4.69, 9.17) is 0 Å². The van der Waals surface area contributed by atoms with Gasteiger partial charge >= 0.3 is 0 Å². The van der Waals surface area contributed by atoms with E-state index in [1.807, 2.05) is 12.1 Å². The van der Waals surface area contributed by atoms with E-state index < -0.39 is 7.26 Å². The average molecular weight is 449 g/mol. The van der Waals surface area contributed by atoms with Crippen molar-refractivity contribution in [1.29, 1.82) is 0 Å². The van der Waals surface area contributed by atoms with E-state index in [1.54, 1.807) is 6.07 Å². The molecule has 4 rings (SSSR count). The Bertz CT molecular complexity index is 907. The highest BCUT2D eigenvalue weighted by Gasteiger charge is 2.45. The van der Waals surface area contributed by atoms with Crippen LogP contribution in [0.1, 0.15) is 5.56 Å². The largest absolute Gasteiger partial charge is 1.00 e. The Morgan fingerprint density at radius 3 is 1.36 bits per heavy atom. The number of hydrogen-bond donors (Lipinski definition) is 1. The first-order valence-corrected chi connectivity index (χ1v) is 11.1. The third-order valence-electron chi connectivity index (χ3n) is 4.92. The first-order valence-electron chi connectivity index (χ1n) is 9.12. The minimum absolute atomic E-state index is 0. The molecule has 0 saturated heterocycles. The second kappa shape index (κ2) is 9.19. The van der Waals surface area contributed by atoms with Crippen LogP contribution in [0.3, 0.4) is 0 Å². The van der Waals surface area contributed by atoms with Crippen LogP contribution < -0.4 is 32.9 Å². The molecule has 1 N–H and O–H groups in total. The van der Waals surface area contributed by atoms with E-state index >= 15 is 0 Å². The monoisotopic (exact) mass is 448 g/mol. The van der Waals surface area contributed by atoms with Crippen molar-refractivity contribution in [3.8, 4) is 5.75 Å². The smallest absolute Gasteiger partial charge is 0.116 e. The van der Waals surface area contributed by atoms with E-state index in [2.05, 4.69) is 97.1 Å². The fourth-order valence-corrected chi connectivity index (χ4v) is 7.93. The fourth-order valence-electron chi connectivity index (χ4n) is 3.70. The quantitative estimate of drug-likeness (QED) is 0.462. The van der Waals surface area contributed by atoms with Crippen LogP contribution >= 0.6 is 7.26 Å². The lowest BCUT2D eigenvalue weighted by Crippen LogP contribution is -3.00. The number of aromatic hydroxyl groups is 1. The van der Waals surface area contributed by atoms with Crippen molar-refractivity contribution in [2.75, 3.05) is 0 Å². The maximum Gasteiger partial charge on any atom is 0.116 e. The van der Waals surface area contributed by atoms with Gasteiger partial charge in [-0.3, -0.25) is 0 Å². The Morgan fingerprint density at radius 1 is 0.536 bits per heavy atom. The maximum atomic E-state index is 10.0. The summed E-state index contributed by atoms with van der Waals surface area (Å²) in [6, 6.07) is 40.1. The zero-order chi connectivity index (χ0) is 18.5. The van der Waals surface area contributed by atoms with Gasteiger partial charge in [-0.15, -0.1) is 0 Å². The summed E-state index contributed by atoms with van der Waals surface area (Å²) in [5.41, 5.74) is 1.15. The molecule has 0 radical (unpaired) electrons. The predicted octanol–water partition coefficient (Wildman–Crippen LogP) is 1.89. The number of benzene rings is 4. The van der Waals surface area contributed by atoms with E-state index in [1.165, 1.54) is 15.9 Å². The standard InChI is InChI=1S/C25H21OP.BrH/c26-22-12-10-11-21(19-22)20-27(23-13-4-1-5-14-23,24-15-6-2-7-16-24)25-17-8-3-9-18-25;/h1-19H,20H2;1H. The molecule has 0 aromatic heterocycles. The second-order valence-electron chi connectivity index (χ2n) is 6.64. The summed E-state index contributed by atoms with van der Waals surface area (Å²) < 4.78 is 0. The first-order chi connectivity index (χ1) is 13.3. The molecule has 140 valence electrons. The van der Waals surface area contributed by atoms with Gasteiger partial charge in [-0.2, -0.15) is 0 Å². The lowest BCUT2D eigenvalue weighted by molar-refractivity contribution is -0.00000631. The van der Waals surface area contributed by atoms with Gasteiger partial charge in [0.25, 0.3) is 0 Å². The van der Waals surface area contributed by atoms with E-state index in [-0.39, 0.29) is 17.0 Å². The minimum Gasteiger partial charge on any atom is -1.00 e. The second-order valence-corrected chi connectivity index (χ2v) is 10.1. The summed E-state index contributed by atoms with van der Waals surface area (Å²) in [5, 5.41) is 14.1. The third-order valence-corrected chi connectivity index (χ3v) is 9.30. The summed E-state index contributed by atoms with van der Waals surface area (Å²) in [5.74, 6) is 0.319. The van der Waals surface area contributed by atoms with Crippen LogP contribution in [0.25, 0.3) is 0 Å². The molecule has 0 aliphatic rings. The summed E-state index contributed by atoms with van der Waals surface area (Å²) >= 11 is 0. The van der Waals surface area contributed by atoms with Gasteiger partial charge < -0.3 is 22.1 Å². The molecule has 4 aromatic rings. The molecule has 1 nitrogen and oxygen atoms in total. The first kappa shape index (κ1) is 20.3. The van der Waals surface area contributed by atoms with Crippen LogP contribution in [0.2, 0.25) is 0 Å². The zero-order valence-corrected chi connectivity index (χ0v) is 17.9. The Kier molecular flexibility index (Phi) is 6.67. The molecule has 28 heavy (non-hydrogen) atoms. The van der Waals surface area contributed by atoms with E-state index in [0.29, 0.717) is 5.75 Å². The van der Waals surface area contributed by atoms with Gasteiger partial charge in [0.1, 0.15) is 28.9 Å². The van der Waals surface area contributed by atoms with E-state index in [9.17, 15) is 5.11 Å². The number of hydrogen-bond acceptors (Lipinski definition) is 1. The van der Waals surface area contributed by atoms with Crippen molar-refractivity contribution in [3.63, 3.8) is 0 Å². The van der Waals surface area contributed by atoms with E-state index in [0.717, 1.165) is 11.7 Å². The van der Waals surface area contributed by atoms with Gasteiger partial charge in [-0.05, 0) is 54.1 Å². The topological polar surface area (TPSA) is 20.2 Å². The normalized spacial score (nSPS) is 10.9. The molecule has 0 heterocycles. The van der Waals surface area contributed by atoms with Crippen molar-refractivity contribution >= 4 is 23.2 Å². The highest BCUT2D eigenvalue weighted by molar-refractivity contribution is 7.95. The molecule has 0 aliphatic carbocycles. The fraction of sp³-hybridized carbons (Fsp3) is 0.0400. The molecular weight excluding hydrogens is 427 g/mol. The van der Waals surface area contributed by atoms with Crippen LogP contribution in [0.5, 0.6) is 5.75 Å². The lowest BCUT2D eigenvalue weighted by atomic mass is 10.2. The summed E-state index contributed by atoms with van der Waals surface area (Å²) in [7, 11) is -1.91. The lowest BCUT2D eigenvalue weighted by Gasteiger charge is -2.27. The van der Waals surface area contributed by atoms with Crippen LogP contribution in [0, 0.1) is 0 Å². The Balaban J connectivity index is 0.00000225. The van der Waals surface area contributed by atoms with Crippen LogP contribution in [0.15, 0.2) is 115 Å². The molecule has 0 unspecified atom stereocenters. The maximum absolute atomic E-state index is 10.0. The molecular formula is C25H22BrOP. The average Bonchev–Trinajstić information content (AvgIpc) is 2.74. The van der Waals surface area contributed by atoms with Gasteiger partial charge in [0.2, 0.25) is 0 Å². The van der Waals surface area contributed by atoms with Crippen LogP contribution in [0.4, 0.5) is 0 Å². The third kappa shape index (κ3) is 4.04. The Labute approximate surface area is 177 Å². The molecule has 0 fully saturated rings. The molecule has 0 aliphatic heterocycles. The van der Waals surface area contributed by atoms with Crippen LogP contribution in [-0.4, -0.2) is 5.11 Å². The molecule has 0 spiro atoms. The Morgan fingerprint density at radius 2 is 0.964 bits per heavy atom. The highest BCUT2D eigenvalue weighted by atomic mass is 79.9. The number of halogens is 1. The van der Waals surface area contributed by atoms with Gasteiger partial charge in [0.05, 0.1) is 6.16 Å². The van der Waals surface area contributed by atoms with Crippen LogP contribution in [-0.2, 0) is 6.16 Å². The van der Waals surface area contributed by atoms with Crippen molar-refractivity contribution in [1.82, 2.24) is 0 Å². The molecule has 4 aromatic carbocycles. The van der Waals surface area contributed by atoms with Crippen molar-refractivity contribution < 1.29 is 22.1 Å². The molecule has 0 bridgehead atoms. The number of rotatable bonds is 5. The Hall–Kier alpha value is -2.41. The number of phenolic OH excluding ortho intramolecular Hbond substituents is 1. The predicted molar refractivity (Wildman–Crippen MR) is 117 cm³/mol. The molecule has 0 atom stereocenters. The molecule has 0 saturated carbocycles. The van der Waals surface area contributed by atoms with Crippen molar-refractivity contribution in [3.05, 3.63) is 121 Å². The highest BCUT2D eigenvalue weighted by Crippen LogP contribution is 2.58. The van der Waals surface area contributed by atoms with Gasteiger partial charge in [-0.1, -0.05) is 66.7 Å². The molecule has 0 amide bonds. The van der Waals surface area contributed by atoms with Gasteiger partial charge in [0, 0.05) is 0 Å². The van der Waals surface area contributed by atoms with Crippen molar-refractivity contribution in [2.45, 2.75) is 6.16 Å². The molecule has 3 heteroatoms. The summed E-state index contributed by atoms with van der Waals surface area (Å²) in [6.45, 7) is 0.